The Labute approximate surface area is 218 Å². The number of aliphatic carboxylic acids is 1. The SMILES string of the molecule is CC(C)(C)OC(=O)Nc1ccc(-c2csc(/C=C3\SC(=S)N(CCCCCC(=O)O)C3=O)c2)cc1. The third-order valence-electron chi connectivity index (χ3n) is 4.90. The van der Waals surface area contributed by atoms with E-state index in [-0.39, 0.29) is 12.3 Å². The first-order valence-electron chi connectivity index (χ1n) is 11.2. The fraction of sp³-hybridized carbons (Fsp3) is 0.360. The molecular weight excluding hydrogens is 504 g/mol. The molecule has 3 rings (SSSR count). The Morgan fingerprint density at radius 3 is 2.51 bits per heavy atom. The number of nitrogens with zero attached hydrogens (tertiary/aromatic N) is 1. The Hall–Kier alpha value is -2.69. The van der Waals surface area contributed by atoms with Crippen LogP contribution in [0.2, 0.25) is 0 Å². The van der Waals surface area contributed by atoms with Gasteiger partial charge in [0, 0.05) is 23.5 Å². The number of hydrogen-bond donors (Lipinski definition) is 2. The van der Waals surface area contributed by atoms with Gasteiger partial charge < -0.3 is 9.84 Å². The van der Waals surface area contributed by atoms with Gasteiger partial charge in [0.1, 0.15) is 9.92 Å². The predicted molar refractivity (Wildman–Crippen MR) is 146 cm³/mol. The minimum Gasteiger partial charge on any atom is -0.481 e. The molecule has 1 aliphatic rings. The van der Waals surface area contributed by atoms with Crippen LogP contribution in [-0.4, -0.2) is 44.4 Å². The highest BCUT2D eigenvalue weighted by molar-refractivity contribution is 8.26. The van der Waals surface area contributed by atoms with E-state index in [1.54, 1.807) is 4.90 Å². The summed E-state index contributed by atoms with van der Waals surface area (Å²) >= 11 is 8.21. The summed E-state index contributed by atoms with van der Waals surface area (Å²) in [5.41, 5.74) is 2.08. The number of carboxylic acids is 1. The first kappa shape index (κ1) is 26.9. The molecule has 1 aromatic carbocycles. The summed E-state index contributed by atoms with van der Waals surface area (Å²) < 4.78 is 5.80. The lowest BCUT2D eigenvalue weighted by Gasteiger charge is -2.19. The predicted octanol–water partition coefficient (Wildman–Crippen LogP) is 6.61. The van der Waals surface area contributed by atoms with Crippen LogP contribution < -0.4 is 5.32 Å². The maximum Gasteiger partial charge on any atom is 0.412 e. The molecule has 0 radical (unpaired) electrons. The molecule has 1 aliphatic heterocycles. The fourth-order valence-corrected chi connectivity index (χ4v) is 5.51. The lowest BCUT2D eigenvalue weighted by molar-refractivity contribution is -0.137. The van der Waals surface area contributed by atoms with Crippen molar-refractivity contribution in [2.75, 3.05) is 11.9 Å². The molecule has 2 heterocycles. The van der Waals surface area contributed by atoms with Gasteiger partial charge in [-0.05, 0) is 74.4 Å². The number of rotatable bonds is 9. The van der Waals surface area contributed by atoms with Gasteiger partial charge >= 0.3 is 12.1 Å². The number of benzene rings is 1. The van der Waals surface area contributed by atoms with Crippen LogP contribution in [0.1, 0.15) is 51.3 Å². The van der Waals surface area contributed by atoms with E-state index in [0.717, 1.165) is 28.8 Å². The van der Waals surface area contributed by atoms with Gasteiger partial charge in [0.05, 0.1) is 4.91 Å². The van der Waals surface area contributed by atoms with E-state index in [0.29, 0.717) is 27.9 Å². The molecule has 0 aliphatic carbocycles. The van der Waals surface area contributed by atoms with Crippen molar-refractivity contribution in [3.8, 4) is 11.1 Å². The van der Waals surface area contributed by atoms with Crippen LogP contribution in [0.5, 0.6) is 0 Å². The number of carbonyl (C=O) groups is 3. The maximum absolute atomic E-state index is 12.8. The summed E-state index contributed by atoms with van der Waals surface area (Å²) in [5, 5.41) is 13.5. The molecule has 1 fully saturated rings. The number of carbonyl (C=O) groups excluding carboxylic acids is 2. The largest absolute Gasteiger partial charge is 0.481 e. The average molecular weight is 533 g/mol. The number of thioether (sulfide) groups is 1. The van der Waals surface area contributed by atoms with E-state index >= 15 is 0 Å². The third kappa shape index (κ3) is 8.19. The molecule has 35 heavy (non-hydrogen) atoms. The summed E-state index contributed by atoms with van der Waals surface area (Å²) in [7, 11) is 0. The number of thiocarbonyl (C=S) groups is 1. The van der Waals surface area contributed by atoms with Crippen molar-refractivity contribution in [3.63, 3.8) is 0 Å². The van der Waals surface area contributed by atoms with E-state index < -0.39 is 17.7 Å². The number of anilines is 1. The highest BCUT2D eigenvalue weighted by Gasteiger charge is 2.31. The smallest absolute Gasteiger partial charge is 0.412 e. The summed E-state index contributed by atoms with van der Waals surface area (Å²) in [6.07, 6.45) is 3.55. The highest BCUT2D eigenvalue weighted by atomic mass is 32.2. The molecule has 2 amide bonds. The minimum atomic E-state index is -0.803. The Bertz CT molecular complexity index is 1130. The maximum atomic E-state index is 12.8. The van der Waals surface area contributed by atoms with Gasteiger partial charge in [-0.3, -0.25) is 19.8 Å². The van der Waals surface area contributed by atoms with Gasteiger partial charge in [-0.1, -0.05) is 42.5 Å². The van der Waals surface area contributed by atoms with E-state index in [9.17, 15) is 14.4 Å². The van der Waals surface area contributed by atoms with Crippen molar-refractivity contribution in [3.05, 3.63) is 45.5 Å². The Kier molecular flexibility index (Phi) is 9.09. The van der Waals surface area contributed by atoms with Gasteiger partial charge in [-0.2, -0.15) is 0 Å². The number of carboxylic acid groups (broad SMARTS) is 1. The quantitative estimate of drug-likeness (QED) is 0.213. The fourth-order valence-electron chi connectivity index (χ4n) is 3.29. The summed E-state index contributed by atoms with van der Waals surface area (Å²) in [6.45, 7) is 5.94. The monoisotopic (exact) mass is 532 g/mol. The number of amides is 2. The second-order valence-electron chi connectivity index (χ2n) is 8.98. The molecule has 0 saturated carbocycles. The lowest BCUT2D eigenvalue weighted by atomic mass is 10.1. The topological polar surface area (TPSA) is 95.9 Å². The number of nitrogens with one attached hydrogen (secondary N) is 1. The number of hydrogen-bond acceptors (Lipinski definition) is 7. The van der Waals surface area contributed by atoms with Crippen LogP contribution in [0.25, 0.3) is 17.2 Å². The first-order chi connectivity index (χ1) is 16.5. The Morgan fingerprint density at radius 1 is 1.14 bits per heavy atom. The van der Waals surface area contributed by atoms with Crippen molar-refractivity contribution < 1.29 is 24.2 Å². The first-order valence-corrected chi connectivity index (χ1v) is 13.3. The zero-order chi connectivity index (χ0) is 25.6. The van der Waals surface area contributed by atoms with E-state index in [1.165, 1.54) is 23.1 Å². The van der Waals surface area contributed by atoms with Crippen LogP contribution in [0.4, 0.5) is 10.5 Å². The molecule has 2 N–H and O–H groups in total. The Morgan fingerprint density at radius 2 is 1.86 bits per heavy atom. The zero-order valence-electron chi connectivity index (χ0n) is 19.8. The van der Waals surface area contributed by atoms with E-state index in [2.05, 4.69) is 5.32 Å². The lowest BCUT2D eigenvalue weighted by Crippen LogP contribution is -2.29. The summed E-state index contributed by atoms with van der Waals surface area (Å²) in [5.74, 6) is -0.909. The van der Waals surface area contributed by atoms with Gasteiger partial charge in [0.25, 0.3) is 5.91 Å². The minimum absolute atomic E-state index is 0.106. The summed E-state index contributed by atoms with van der Waals surface area (Å²) in [6, 6.07) is 9.49. The van der Waals surface area contributed by atoms with Crippen LogP contribution in [0, 0.1) is 0 Å². The molecule has 0 unspecified atom stereocenters. The van der Waals surface area contributed by atoms with E-state index in [1.807, 2.05) is 62.6 Å². The summed E-state index contributed by atoms with van der Waals surface area (Å²) in [4.78, 5) is 38.5. The van der Waals surface area contributed by atoms with Crippen LogP contribution in [0.3, 0.4) is 0 Å². The Balaban J connectivity index is 1.59. The van der Waals surface area contributed by atoms with Crippen molar-refractivity contribution in [2.24, 2.45) is 0 Å². The number of unbranched alkanes of at least 4 members (excludes halogenated alkanes) is 2. The molecule has 1 aromatic heterocycles. The molecule has 186 valence electrons. The second kappa shape index (κ2) is 11.8. The highest BCUT2D eigenvalue weighted by Crippen LogP contribution is 2.35. The molecule has 1 saturated heterocycles. The van der Waals surface area contributed by atoms with Gasteiger partial charge in [0.15, 0.2) is 0 Å². The standard InChI is InChI=1S/C25H28N2O5S3/c1-25(2,3)32-23(31)26-18-10-8-16(9-11-18)17-13-19(34-15-17)14-20-22(30)27(24(33)35-20)12-6-4-5-7-21(28)29/h8-11,13-15H,4-7,12H2,1-3H3,(H,26,31)(H,28,29)/b20-14-. The van der Waals surface area contributed by atoms with Crippen molar-refractivity contribution >= 4 is 69.4 Å². The van der Waals surface area contributed by atoms with E-state index in [4.69, 9.17) is 22.1 Å². The molecule has 7 nitrogen and oxygen atoms in total. The molecule has 0 spiro atoms. The van der Waals surface area contributed by atoms with Crippen LogP contribution in [0.15, 0.2) is 40.6 Å². The third-order valence-corrected chi connectivity index (χ3v) is 7.16. The van der Waals surface area contributed by atoms with Crippen molar-refractivity contribution in [1.29, 1.82) is 0 Å². The second-order valence-corrected chi connectivity index (χ2v) is 11.6. The molecule has 0 atom stereocenters. The molecule has 2 aromatic rings. The normalized spacial score (nSPS) is 15.1. The zero-order valence-corrected chi connectivity index (χ0v) is 22.3. The number of ether oxygens (including phenoxy) is 1. The number of thiophene rings is 1. The van der Waals surface area contributed by atoms with Gasteiger partial charge in [-0.15, -0.1) is 11.3 Å². The average Bonchev–Trinajstić information content (AvgIpc) is 3.32. The molecule has 0 bridgehead atoms. The molecular formula is C25H28N2O5S3. The van der Waals surface area contributed by atoms with Crippen LogP contribution in [-0.2, 0) is 14.3 Å². The van der Waals surface area contributed by atoms with Crippen molar-refractivity contribution in [2.45, 2.75) is 52.1 Å². The molecule has 10 heteroatoms. The van der Waals surface area contributed by atoms with Gasteiger partial charge in [-0.25, -0.2) is 4.79 Å². The van der Waals surface area contributed by atoms with Crippen molar-refractivity contribution in [1.82, 2.24) is 4.90 Å². The van der Waals surface area contributed by atoms with Crippen LogP contribution >= 0.6 is 35.3 Å². The van der Waals surface area contributed by atoms with Gasteiger partial charge in [0.2, 0.25) is 0 Å².